The van der Waals surface area contributed by atoms with Crippen molar-refractivity contribution >= 4 is 49.3 Å². The number of aromatic hydroxyl groups is 1. The number of benzene rings is 1. The molecule has 0 spiro atoms. The fourth-order valence-electron chi connectivity index (χ4n) is 6.99. The monoisotopic (exact) mass is 770 g/mol. The van der Waals surface area contributed by atoms with Crippen LogP contribution in [0.1, 0.15) is 111 Å². The van der Waals surface area contributed by atoms with Gasteiger partial charge in [-0.3, -0.25) is 9.69 Å². The van der Waals surface area contributed by atoms with Crippen LogP contribution in [0, 0.1) is 17.8 Å². The number of β-lactam (4-membered cyclic amide) rings is 1. The van der Waals surface area contributed by atoms with Gasteiger partial charge in [-0.2, -0.15) is 0 Å². The molecule has 1 amide bonds. The summed E-state index contributed by atoms with van der Waals surface area (Å²) in [5.41, 5.74) is 4.29. The van der Waals surface area contributed by atoms with Gasteiger partial charge in [0.1, 0.15) is 22.6 Å². The molecule has 4 rings (SSSR count). The molecule has 11 heteroatoms. The topological polar surface area (TPSA) is 97.3 Å². The maximum atomic E-state index is 13.7. The molecular formula is C41H62N2O6S2Si. The number of aryl methyl sites for hydroxylation is 1. The van der Waals surface area contributed by atoms with Gasteiger partial charge < -0.3 is 24.3 Å². The van der Waals surface area contributed by atoms with Gasteiger partial charge in [0.15, 0.2) is 8.32 Å². The molecule has 0 saturated carbocycles. The highest BCUT2D eigenvalue weighted by Crippen LogP contribution is 2.52. The fraction of sp³-hybridized carbons (Fsp3) is 0.634. The van der Waals surface area contributed by atoms with Crippen molar-refractivity contribution in [2.45, 2.75) is 136 Å². The third-order valence-corrected chi connectivity index (χ3v) is 17.1. The van der Waals surface area contributed by atoms with Gasteiger partial charge in [-0.25, -0.2) is 4.79 Å². The van der Waals surface area contributed by atoms with Gasteiger partial charge in [0, 0.05) is 16.4 Å². The lowest BCUT2D eigenvalue weighted by molar-refractivity contribution is -0.158. The zero-order chi connectivity index (χ0) is 38.7. The number of ether oxygens (including phenoxy) is 2. The number of hydrogen-bond donors (Lipinski definition) is 2. The Morgan fingerprint density at radius 2 is 1.90 bits per heavy atom. The number of phenols is 1. The number of phenolic OH excluding ortho intramolecular Hbond substituents is 1. The number of thiocarbonyl (C=S) groups is 1. The number of unbranched alkanes of at least 4 members (excludes halogenated alkanes) is 2. The molecule has 2 heterocycles. The first-order valence-electron chi connectivity index (χ1n) is 19.0. The van der Waals surface area contributed by atoms with Gasteiger partial charge in [0.25, 0.3) is 5.17 Å². The van der Waals surface area contributed by atoms with Gasteiger partial charge in [-0.1, -0.05) is 89.9 Å². The minimum atomic E-state index is -2.14. The lowest BCUT2D eigenvalue weighted by Crippen LogP contribution is -2.62. The number of nitrogens with one attached hydrogen (secondary N) is 1. The van der Waals surface area contributed by atoms with Crippen molar-refractivity contribution in [1.82, 2.24) is 10.2 Å². The number of allylic oxidation sites excluding steroid dienone is 3. The van der Waals surface area contributed by atoms with E-state index in [1.807, 2.05) is 39.8 Å². The van der Waals surface area contributed by atoms with Crippen LogP contribution in [0.2, 0.25) is 18.1 Å². The summed E-state index contributed by atoms with van der Waals surface area (Å²) in [6, 6.07) is 3.87. The zero-order valence-corrected chi connectivity index (χ0v) is 35.9. The first kappa shape index (κ1) is 42.1. The Kier molecular flexibility index (Phi) is 14.0. The molecule has 52 heavy (non-hydrogen) atoms. The quantitative estimate of drug-likeness (QED) is 0.0451. The number of esters is 1. The second kappa shape index (κ2) is 17.2. The minimum absolute atomic E-state index is 0.00535. The van der Waals surface area contributed by atoms with Crippen LogP contribution in [0.15, 0.2) is 46.5 Å². The number of carbonyl (C=O) groups excluding carboxylic acids is 2. The van der Waals surface area contributed by atoms with E-state index in [0.717, 1.165) is 49.7 Å². The second-order valence-corrected chi connectivity index (χ2v) is 23.2. The number of thioether (sulfide) groups is 1. The van der Waals surface area contributed by atoms with Crippen molar-refractivity contribution in [3.05, 3.63) is 57.7 Å². The van der Waals surface area contributed by atoms with Crippen LogP contribution in [0.4, 0.5) is 0 Å². The Morgan fingerprint density at radius 1 is 1.21 bits per heavy atom. The molecule has 0 radical (unpaired) electrons. The van der Waals surface area contributed by atoms with E-state index in [0.29, 0.717) is 16.2 Å². The first-order valence-corrected chi connectivity index (χ1v) is 23.2. The summed E-state index contributed by atoms with van der Waals surface area (Å²) in [7, 11) is -2.14. The molecule has 2 aliphatic heterocycles. The Hall–Kier alpha value is -2.60. The summed E-state index contributed by atoms with van der Waals surface area (Å²) >= 11 is 7.27. The second-order valence-electron chi connectivity index (χ2n) is 16.8. The summed E-state index contributed by atoms with van der Waals surface area (Å²) < 4.78 is 18.7. The smallest absolute Gasteiger partial charge is 0.355 e. The first-order chi connectivity index (χ1) is 24.3. The van der Waals surface area contributed by atoms with Crippen molar-refractivity contribution in [1.29, 1.82) is 0 Å². The molecule has 1 aromatic carbocycles. The highest BCUT2D eigenvalue weighted by molar-refractivity contribution is 8.04. The summed E-state index contributed by atoms with van der Waals surface area (Å²) in [6.07, 6.45) is 7.87. The standard InChI is InChI=1S/C41H62N2O6S2Si/c1-13-14-15-16-28-20-31(44)35(30-19-26(6)17-18-29(30)25(4)5)32(21-28)48-40(50)42-22-33-36(39(46)47-23-24(2)3)43-37(45)34(38(43)51-33)27(7)49-52(11,12)41(8,9)10/h19-21,24,27,29-30,34,38,44H,4,13-18,22-23H2,1-3,5-12H3,(H,42,50)/t27?,29-,30+,34-,38+/m0/s1. The largest absolute Gasteiger partial charge is 0.507 e. The average molecular weight is 771 g/mol. The third-order valence-electron chi connectivity index (χ3n) is 10.9. The molecule has 1 unspecified atom stereocenters. The molecule has 0 aromatic heterocycles. The molecule has 8 nitrogen and oxygen atoms in total. The maximum absolute atomic E-state index is 13.7. The number of fused-ring (bicyclic) bond motifs is 1. The van der Waals surface area contributed by atoms with Crippen molar-refractivity contribution in [2.75, 3.05) is 13.2 Å². The number of rotatable bonds is 15. The summed E-state index contributed by atoms with van der Waals surface area (Å²) in [5, 5.41) is 14.6. The van der Waals surface area contributed by atoms with Crippen molar-refractivity contribution in [3.8, 4) is 11.5 Å². The summed E-state index contributed by atoms with van der Waals surface area (Å²) in [4.78, 5) is 29.5. The highest BCUT2D eigenvalue weighted by atomic mass is 32.2. The Balaban J connectivity index is 1.60. The number of nitrogens with zero attached hydrogens (tertiary/aromatic N) is 1. The fourth-order valence-corrected chi connectivity index (χ4v) is 10.1. The lowest BCUT2D eigenvalue weighted by atomic mass is 9.73. The number of amides is 1. The molecule has 5 atom stereocenters. The van der Waals surface area contributed by atoms with Crippen LogP contribution in [-0.4, -0.2) is 60.0 Å². The molecule has 1 aliphatic carbocycles. The van der Waals surface area contributed by atoms with Crippen LogP contribution in [0.3, 0.4) is 0 Å². The van der Waals surface area contributed by atoms with Crippen molar-refractivity contribution in [3.63, 3.8) is 0 Å². The van der Waals surface area contributed by atoms with Gasteiger partial charge in [0.05, 0.1) is 25.2 Å². The Labute approximate surface area is 323 Å². The maximum Gasteiger partial charge on any atom is 0.355 e. The third kappa shape index (κ3) is 9.54. The van der Waals surface area contributed by atoms with E-state index >= 15 is 0 Å². The van der Waals surface area contributed by atoms with Crippen LogP contribution in [0.25, 0.3) is 0 Å². The molecular weight excluding hydrogens is 709 g/mol. The van der Waals surface area contributed by atoms with Gasteiger partial charge in [-0.05, 0) is 106 Å². The molecule has 1 fully saturated rings. The normalized spacial score (nSPS) is 22.5. The van der Waals surface area contributed by atoms with Gasteiger partial charge in [0.2, 0.25) is 5.91 Å². The molecule has 1 aromatic rings. The van der Waals surface area contributed by atoms with E-state index in [4.69, 9.17) is 26.1 Å². The molecule has 0 bridgehead atoms. The van der Waals surface area contributed by atoms with Crippen LogP contribution < -0.4 is 10.1 Å². The van der Waals surface area contributed by atoms with E-state index in [1.54, 1.807) is 4.90 Å². The van der Waals surface area contributed by atoms with E-state index in [2.05, 4.69) is 65.7 Å². The van der Waals surface area contributed by atoms with E-state index in [9.17, 15) is 14.7 Å². The van der Waals surface area contributed by atoms with Crippen molar-refractivity contribution in [2.24, 2.45) is 17.8 Å². The average Bonchev–Trinajstić information content (AvgIpc) is 3.35. The molecule has 3 aliphatic rings. The number of hydrogen-bond acceptors (Lipinski definition) is 8. The predicted octanol–water partition coefficient (Wildman–Crippen LogP) is 9.75. The summed E-state index contributed by atoms with van der Waals surface area (Å²) in [6.45, 7) is 27.9. The van der Waals surface area contributed by atoms with Gasteiger partial charge >= 0.3 is 5.97 Å². The molecule has 1 saturated heterocycles. The molecule has 288 valence electrons. The minimum Gasteiger partial charge on any atom is -0.507 e. The van der Waals surface area contributed by atoms with E-state index < -0.39 is 14.3 Å². The van der Waals surface area contributed by atoms with Crippen LogP contribution in [0.5, 0.6) is 11.5 Å². The lowest BCUT2D eigenvalue weighted by Gasteiger charge is -2.48. The SMILES string of the molecule is C=C(C)[C@@H]1CCC(C)=C[C@H]1c1c(O)cc(CCCCC)cc1OC(=S)NCC1=C(C(=O)OCC(C)C)N2C(=O)[C@H](C(C)O[Si](C)(C)C(C)(C)C)[C@H]2S1. The Morgan fingerprint density at radius 3 is 2.52 bits per heavy atom. The van der Waals surface area contributed by atoms with Gasteiger partial charge in [-0.15, -0.1) is 0 Å². The predicted molar refractivity (Wildman–Crippen MR) is 219 cm³/mol. The van der Waals surface area contributed by atoms with Crippen LogP contribution in [-0.2, 0) is 25.2 Å². The summed E-state index contributed by atoms with van der Waals surface area (Å²) in [5.74, 6) is -0.126. The number of carbonyl (C=O) groups is 2. The van der Waals surface area contributed by atoms with Crippen LogP contribution >= 0.6 is 24.0 Å². The van der Waals surface area contributed by atoms with E-state index in [-0.39, 0.29) is 75.9 Å². The zero-order valence-electron chi connectivity index (χ0n) is 33.3. The van der Waals surface area contributed by atoms with E-state index in [1.165, 1.54) is 17.3 Å². The Bertz CT molecular complexity index is 1600. The highest BCUT2D eigenvalue weighted by Gasteiger charge is 2.59. The molecule has 2 N–H and O–H groups in total. The van der Waals surface area contributed by atoms with Crippen molar-refractivity contribution < 1.29 is 28.6 Å².